The summed E-state index contributed by atoms with van der Waals surface area (Å²) in [4.78, 5) is 12.9. The smallest absolute Gasteiger partial charge is 0.244 e. The molecule has 18 heavy (non-hydrogen) atoms. The van der Waals surface area contributed by atoms with Crippen LogP contribution in [0.4, 0.5) is 0 Å². The van der Waals surface area contributed by atoms with E-state index in [4.69, 9.17) is 0 Å². The maximum absolute atomic E-state index is 11.8. The van der Waals surface area contributed by atoms with Gasteiger partial charge in [0.05, 0.1) is 3.79 Å². The Morgan fingerprint density at radius 2 is 2.00 bits per heavy atom. The lowest BCUT2D eigenvalue weighted by Crippen LogP contribution is -2.33. The highest BCUT2D eigenvalue weighted by molar-refractivity contribution is 9.11. The molecule has 1 aliphatic rings. The van der Waals surface area contributed by atoms with Crippen LogP contribution < -0.4 is 5.32 Å². The number of nitrogens with one attached hydrogen (secondary N) is 1. The highest BCUT2D eigenvalue weighted by Gasteiger charge is 2.13. The molecule has 0 unspecified atom stereocenters. The summed E-state index contributed by atoms with van der Waals surface area (Å²) in [6, 6.07) is 4.37. The Morgan fingerprint density at radius 3 is 2.61 bits per heavy atom. The fraction of sp³-hybridized carbons (Fsp3) is 0.500. The molecule has 1 saturated carbocycles. The minimum atomic E-state index is 0.0337. The molecule has 0 spiro atoms. The van der Waals surface area contributed by atoms with E-state index in [2.05, 4.69) is 21.2 Å². The number of hydrogen-bond donors (Lipinski definition) is 1. The maximum Gasteiger partial charge on any atom is 0.244 e. The van der Waals surface area contributed by atoms with Crippen molar-refractivity contribution >= 4 is 39.2 Å². The van der Waals surface area contributed by atoms with E-state index < -0.39 is 0 Å². The van der Waals surface area contributed by atoms with Gasteiger partial charge in [-0.15, -0.1) is 11.3 Å². The minimum absolute atomic E-state index is 0.0337. The van der Waals surface area contributed by atoms with Crippen molar-refractivity contribution in [2.45, 2.75) is 44.6 Å². The predicted octanol–water partition coefficient (Wildman–Crippen LogP) is 4.36. The first kappa shape index (κ1) is 13.8. The molecule has 0 aromatic carbocycles. The molecule has 1 aromatic rings. The van der Waals surface area contributed by atoms with E-state index in [-0.39, 0.29) is 5.91 Å². The van der Waals surface area contributed by atoms with Gasteiger partial charge in [-0.05, 0) is 47.0 Å². The van der Waals surface area contributed by atoms with Gasteiger partial charge in [0.1, 0.15) is 0 Å². The molecule has 1 fully saturated rings. The molecule has 1 heterocycles. The van der Waals surface area contributed by atoms with E-state index in [1.54, 1.807) is 17.4 Å². The second kappa shape index (κ2) is 7.10. The second-order valence-corrected chi connectivity index (χ2v) is 7.17. The van der Waals surface area contributed by atoms with Crippen LogP contribution in [-0.2, 0) is 4.79 Å². The molecule has 1 aromatic heterocycles. The van der Waals surface area contributed by atoms with Crippen molar-refractivity contribution in [2.24, 2.45) is 0 Å². The van der Waals surface area contributed by atoms with Crippen LogP contribution >= 0.6 is 27.3 Å². The maximum atomic E-state index is 11.8. The Bertz CT molecular complexity index is 419. The third-order valence-corrected chi connectivity index (χ3v) is 4.78. The molecule has 1 aliphatic carbocycles. The lowest BCUT2D eigenvalue weighted by molar-refractivity contribution is -0.117. The van der Waals surface area contributed by atoms with Gasteiger partial charge in [-0.2, -0.15) is 0 Å². The van der Waals surface area contributed by atoms with Crippen molar-refractivity contribution < 1.29 is 4.79 Å². The molecular formula is C14H18BrNOS. The summed E-state index contributed by atoms with van der Waals surface area (Å²) in [6.07, 6.45) is 10.9. The number of rotatable bonds is 3. The Labute approximate surface area is 121 Å². The average molecular weight is 328 g/mol. The number of amides is 1. The van der Waals surface area contributed by atoms with E-state index in [0.29, 0.717) is 6.04 Å². The van der Waals surface area contributed by atoms with Gasteiger partial charge in [-0.3, -0.25) is 4.79 Å². The van der Waals surface area contributed by atoms with Crippen LogP contribution in [0.1, 0.15) is 43.4 Å². The average Bonchev–Trinajstić information content (AvgIpc) is 2.60. The molecule has 2 nitrogen and oxygen atoms in total. The van der Waals surface area contributed by atoms with Gasteiger partial charge in [-0.1, -0.05) is 25.7 Å². The Hall–Kier alpha value is -0.610. The van der Waals surface area contributed by atoms with Crippen LogP contribution in [0.2, 0.25) is 0 Å². The molecule has 0 bridgehead atoms. The first-order valence-electron chi connectivity index (χ1n) is 6.48. The van der Waals surface area contributed by atoms with Crippen molar-refractivity contribution in [3.63, 3.8) is 0 Å². The molecular weight excluding hydrogens is 310 g/mol. The van der Waals surface area contributed by atoms with Crippen LogP contribution in [0.5, 0.6) is 0 Å². The molecule has 1 amide bonds. The van der Waals surface area contributed by atoms with Gasteiger partial charge in [0.25, 0.3) is 0 Å². The summed E-state index contributed by atoms with van der Waals surface area (Å²) in [5, 5.41) is 3.10. The summed E-state index contributed by atoms with van der Waals surface area (Å²) in [5.41, 5.74) is 0. The minimum Gasteiger partial charge on any atom is -0.350 e. The quantitative estimate of drug-likeness (QED) is 0.648. The first-order chi connectivity index (χ1) is 8.74. The monoisotopic (exact) mass is 327 g/mol. The molecule has 2 rings (SSSR count). The zero-order chi connectivity index (χ0) is 12.8. The van der Waals surface area contributed by atoms with E-state index in [9.17, 15) is 4.79 Å². The summed E-state index contributed by atoms with van der Waals surface area (Å²) in [7, 11) is 0. The third-order valence-electron chi connectivity index (χ3n) is 3.19. The summed E-state index contributed by atoms with van der Waals surface area (Å²) in [6.45, 7) is 0. The van der Waals surface area contributed by atoms with E-state index >= 15 is 0 Å². The van der Waals surface area contributed by atoms with E-state index in [0.717, 1.165) is 21.5 Å². The first-order valence-corrected chi connectivity index (χ1v) is 8.09. The van der Waals surface area contributed by atoms with Crippen LogP contribution in [0.25, 0.3) is 6.08 Å². The van der Waals surface area contributed by atoms with Gasteiger partial charge < -0.3 is 5.32 Å². The fourth-order valence-corrected chi connectivity index (χ4v) is 3.57. The Morgan fingerprint density at radius 1 is 1.28 bits per heavy atom. The SMILES string of the molecule is O=C(C=Cc1ccc(Br)s1)NC1CCCCCC1. The van der Waals surface area contributed by atoms with Crippen molar-refractivity contribution in [1.29, 1.82) is 0 Å². The fourth-order valence-electron chi connectivity index (χ4n) is 2.25. The van der Waals surface area contributed by atoms with Crippen LogP contribution in [0.15, 0.2) is 22.0 Å². The molecule has 98 valence electrons. The highest BCUT2D eigenvalue weighted by Crippen LogP contribution is 2.23. The predicted molar refractivity (Wildman–Crippen MR) is 80.7 cm³/mol. The number of halogens is 1. The Balaban J connectivity index is 1.82. The Kier molecular flexibility index (Phi) is 5.45. The van der Waals surface area contributed by atoms with Gasteiger partial charge in [0, 0.05) is 17.0 Å². The van der Waals surface area contributed by atoms with Gasteiger partial charge >= 0.3 is 0 Å². The summed E-state index contributed by atoms with van der Waals surface area (Å²) >= 11 is 5.04. The zero-order valence-corrected chi connectivity index (χ0v) is 12.7. The summed E-state index contributed by atoms with van der Waals surface area (Å²) in [5.74, 6) is 0.0337. The lowest BCUT2D eigenvalue weighted by atomic mass is 10.1. The van der Waals surface area contributed by atoms with Gasteiger partial charge in [0.2, 0.25) is 5.91 Å². The third kappa shape index (κ3) is 4.58. The van der Waals surface area contributed by atoms with Gasteiger partial charge in [0.15, 0.2) is 0 Å². The zero-order valence-electron chi connectivity index (χ0n) is 10.3. The molecule has 0 radical (unpaired) electrons. The lowest BCUT2D eigenvalue weighted by Gasteiger charge is -2.14. The molecule has 0 aliphatic heterocycles. The van der Waals surface area contributed by atoms with E-state index in [1.165, 1.54) is 25.7 Å². The molecule has 0 saturated heterocycles. The molecule has 1 N–H and O–H groups in total. The van der Waals surface area contributed by atoms with Crippen molar-refractivity contribution in [3.05, 3.63) is 26.9 Å². The van der Waals surface area contributed by atoms with Crippen molar-refractivity contribution in [1.82, 2.24) is 5.32 Å². The van der Waals surface area contributed by atoms with Crippen molar-refractivity contribution in [2.75, 3.05) is 0 Å². The molecule has 0 atom stereocenters. The largest absolute Gasteiger partial charge is 0.350 e. The normalized spacial score (nSPS) is 17.8. The number of hydrogen-bond acceptors (Lipinski definition) is 2. The van der Waals surface area contributed by atoms with Gasteiger partial charge in [-0.25, -0.2) is 0 Å². The van der Waals surface area contributed by atoms with E-state index in [1.807, 2.05) is 18.2 Å². The van der Waals surface area contributed by atoms with Crippen LogP contribution in [-0.4, -0.2) is 11.9 Å². The topological polar surface area (TPSA) is 29.1 Å². The van der Waals surface area contributed by atoms with Crippen LogP contribution in [0, 0.1) is 0 Å². The standard InChI is InChI=1S/C14H18BrNOS/c15-13-9-7-12(18-13)8-10-14(17)16-11-5-3-1-2-4-6-11/h7-11H,1-6H2,(H,16,17). The van der Waals surface area contributed by atoms with Crippen LogP contribution in [0.3, 0.4) is 0 Å². The highest BCUT2D eigenvalue weighted by atomic mass is 79.9. The number of carbonyl (C=O) groups excluding carboxylic acids is 1. The summed E-state index contributed by atoms with van der Waals surface area (Å²) < 4.78 is 1.09. The number of carbonyl (C=O) groups is 1. The van der Waals surface area contributed by atoms with Crippen molar-refractivity contribution in [3.8, 4) is 0 Å². The number of thiophene rings is 1. The molecule has 4 heteroatoms. The second-order valence-electron chi connectivity index (χ2n) is 4.67.